The molecule has 3 rings (SSSR count). The lowest BCUT2D eigenvalue weighted by Crippen LogP contribution is -2.26. The average molecular weight is 387 g/mol. The van der Waals surface area contributed by atoms with Crippen molar-refractivity contribution in [2.75, 3.05) is 6.54 Å². The van der Waals surface area contributed by atoms with Gasteiger partial charge in [0.2, 0.25) is 10.0 Å². The Bertz CT molecular complexity index is 998. The zero-order valence-electron chi connectivity index (χ0n) is 13.8. The molecular weight excluding hydrogens is 370 g/mol. The van der Waals surface area contributed by atoms with Gasteiger partial charge in [-0.25, -0.2) is 18.5 Å². The summed E-state index contributed by atoms with van der Waals surface area (Å²) in [6.07, 6.45) is 0.571. The van der Waals surface area contributed by atoms with Crippen LogP contribution in [-0.2, 0) is 16.4 Å². The van der Waals surface area contributed by atoms with Crippen molar-refractivity contribution >= 4 is 27.3 Å². The number of nitrogens with zero attached hydrogens (tertiary/aromatic N) is 1. The van der Waals surface area contributed by atoms with Crippen molar-refractivity contribution in [3.63, 3.8) is 0 Å². The van der Waals surface area contributed by atoms with Crippen LogP contribution in [0.1, 0.15) is 16.1 Å². The Morgan fingerprint density at radius 3 is 2.42 bits per heavy atom. The molecule has 1 aromatic heterocycles. The summed E-state index contributed by atoms with van der Waals surface area (Å²) in [6, 6.07) is 15.9. The Kier molecular flexibility index (Phi) is 5.46. The van der Waals surface area contributed by atoms with Gasteiger partial charge in [-0.15, -0.1) is 11.3 Å². The van der Waals surface area contributed by atoms with Crippen LogP contribution in [0.25, 0.3) is 10.4 Å². The third kappa shape index (κ3) is 4.34. The van der Waals surface area contributed by atoms with Gasteiger partial charge in [-0.1, -0.05) is 42.5 Å². The second kappa shape index (κ2) is 7.77. The number of primary sulfonamides is 1. The van der Waals surface area contributed by atoms with Crippen LogP contribution >= 0.6 is 11.3 Å². The minimum atomic E-state index is -3.69. The largest absolute Gasteiger partial charge is 0.350 e. The van der Waals surface area contributed by atoms with E-state index < -0.39 is 10.0 Å². The number of amides is 1. The van der Waals surface area contributed by atoms with Crippen molar-refractivity contribution in [1.82, 2.24) is 10.3 Å². The van der Waals surface area contributed by atoms with Gasteiger partial charge >= 0.3 is 0 Å². The maximum Gasteiger partial charge on any atom is 0.271 e. The molecule has 3 aromatic rings. The van der Waals surface area contributed by atoms with Crippen LogP contribution in [0, 0.1) is 0 Å². The molecule has 26 heavy (non-hydrogen) atoms. The molecule has 0 aliphatic rings. The van der Waals surface area contributed by atoms with Gasteiger partial charge in [0.1, 0.15) is 5.69 Å². The van der Waals surface area contributed by atoms with E-state index in [1.807, 2.05) is 30.3 Å². The molecular formula is C18H17N3O3S2. The van der Waals surface area contributed by atoms with E-state index >= 15 is 0 Å². The second-order valence-electron chi connectivity index (χ2n) is 5.59. The molecule has 0 bridgehead atoms. The van der Waals surface area contributed by atoms with Crippen LogP contribution in [-0.4, -0.2) is 25.9 Å². The number of carbonyl (C=O) groups excluding carboxylic acids is 1. The summed E-state index contributed by atoms with van der Waals surface area (Å²) in [4.78, 5) is 17.5. The quantitative estimate of drug-likeness (QED) is 0.678. The highest BCUT2D eigenvalue weighted by atomic mass is 32.2. The average Bonchev–Trinajstić information content (AvgIpc) is 3.12. The number of sulfonamides is 1. The monoisotopic (exact) mass is 387 g/mol. The summed E-state index contributed by atoms with van der Waals surface area (Å²) in [7, 11) is -3.69. The summed E-state index contributed by atoms with van der Waals surface area (Å²) in [5.74, 6) is -0.230. The molecule has 8 heteroatoms. The number of aromatic nitrogens is 1. The fourth-order valence-electron chi connectivity index (χ4n) is 2.45. The molecule has 3 N–H and O–H groups in total. The first-order chi connectivity index (χ1) is 12.4. The molecule has 0 saturated heterocycles. The zero-order valence-corrected chi connectivity index (χ0v) is 15.4. The Labute approximate surface area is 155 Å². The highest BCUT2D eigenvalue weighted by Crippen LogP contribution is 2.27. The maximum absolute atomic E-state index is 12.4. The fourth-order valence-corrected chi connectivity index (χ4v) is 3.76. The van der Waals surface area contributed by atoms with Crippen LogP contribution in [0.5, 0.6) is 0 Å². The normalized spacial score (nSPS) is 11.3. The van der Waals surface area contributed by atoms with Crippen LogP contribution in [0.15, 0.2) is 65.0 Å². The van der Waals surface area contributed by atoms with E-state index in [4.69, 9.17) is 5.14 Å². The lowest BCUT2D eigenvalue weighted by Gasteiger charge is -2.06. The predicted octanol–water partition coefficient (Wildman–Crippen LogP) is 2.43. The number of rotatable bonds is 6. The van der Waals surface area contributed by atoms with Gasteiger partial charge in [0.05, 0.1) is 15.3 Å². The molecule has 1 amide bonds. The fraction of sp³-hybridized carbons (Fsp3) is 0.111. The molecule has 1 heterocycles. The molecule has 0 spiro atoms. The molecule has 0 aliphatic carbocycles. The highest BCUT2D eigenvalue weighted by molar-refractivity contribution is 7.89. The van der Waals surface area contributed by atoms with Crippen LogP contribution in [0.4, 0.5) is 0 Å². The van der Waals surface area contributed by atoms with E-state index in [0.29, 0.717) is 18.7 Å². The van der Waals surface area contributed by atoms with Gasteiger partial charge in [-0.2, -0.15) is 0 Å². The van der Waals surface area contributed by atoms with Crippen LogP contribution in [0.3, 0.4) is 0 Å². The van der Waals surface area contributed by atoms with Gasteiger partial charge < -0.3 is 5.32 Å². The minimum absolute atomic E-state index is 0.0697. The Morgan fingerprint density at radius 2 is 1.77 bits per heavy atom. The molecule has 2 aromatic carbocycles. The topological polar surface area (TPSA) is 102 Å². The number of benzene rings is 2. The molecule has 0 saturated carbocycles. The lowest BCUT2D eigenvalue weighted by atomic mass is 10.1. The van der Waals surface area contributed by atoms with Crippen molar-refractivity contribution in [2.24, 2.45) is 5.14 Å². The Balaban J connectivity index is 1.61. The summed E-state index contributed by atoms with van der Waals surface area (Å²) in [5, 5.41) is 7.92. The van der Waals surface area contributed by atoms with E-state index in [0.717, 1.165) is 16.0 Å². The molecule has 0 fully saturated rings. The highest BCUT2D eigenvalue weighted by Gasteiger charge is 2.15. The molecule has 6 nitrogen and oxygen atoms in total. The third-order valence-electron chi connectivity index (χ3n) is 3.77. The summed E-state index contributed by atoms with van der Waals surface area (Å²) >= 11 is 1.42. The van der Waals surface area contributed by atoms with Crippen molar-refractivity contribution in [1.29, 1.82) is 0 Å². The standard InChI is InChI=1S/C18H17N3O3S2/c19-26(23,24)15-8-6-13(7-9-15)10-11-20-18(22)16-17(25-12-21-16)14-4-2-1-3-5-14/h1-9,12H,10-11H2,(H,20,22)(H2,19,23,24). The van der Waals surface area contributed by atoms with Gasteiger partial charge in [0.25, 0.3) is 5.91 Å². The molecule has 0 radical (unpaired) electrons. The van der Waals surface area contributed by atoms with E-state index in [9.17, 15) is 13.2 Å². The molecule has 0 aliphatic heterocycles. The first kappa shape index (κ1) is 18.2. The van der Waals surface area contributed by atoms with Crippen molar-refractivity contribution in [2.45, 2.75) is 11.3 Å². The molecule has 0 unspecified atom stereocenters. The lowest BCUT2D eigenvalue weighted by molar-refractivity contribution is 0.0950. The smallest absolute Gasteiger partial charge is 0.271 e. The van der Waals surface area contributed by atoms with Crippen molar-refractivity contribution < 1.29 is 13.2 Å². The summed E-state index contributed by atoms with van der Waals surface area (Å²) < 4.78 is 22.5. The third-order valence-corrected chi connectivity index (χ3v) is 5.57. The number of nitrogens with one attached hydrogen (secondary N) is 1. The SMILES string of the molecule is NS(=O)(=O)c1ccc(CCNC(=O)c2ncsc2-c2ccccc2)cc1. The first-order valence-corrected chi connectivity index (χ1v) is 10.3. The molecule has 0 atom stereocenters. The van der Waals surface area contributed by atoms with E-state index in [-0.39, 0.29) is 10.8 Å². The summed E-state index contributed by atoms with van der Waals surface area (Å²) in [6.45, 7) is 0.416. The number of hydrogen-bond acceptors (Lipinski definition) is 5. The van der Waals surface area contributed by atoms with E-state index in [1.165, 1.54) is 23.5 Å². The van der Waals surface area contributed by atoms with Crippen molar-refractivity contribution in [3.05, 3.63) is 71.4 Å². The number of carbonyl (C=O) groups is 1. The van der Waals surface area contributed by atoms with E-state index in [2.05, 4.69) is 10.3 Å². The van der Waals surface area contributed by atoms with Gasteiger partial charge in [0.15, 0.2) is 0 Å². The number of hydrogen-bond donors (Lipinski definition) is 2. The number of nitrogens with two attached hydrogens (primary N) is 1. The zero-order chi connectivity index (χ0) is 18.6. The van der Waals surface area contributed by atoms with Crippen molar-refractivity contribution in [3.8, 4) is 10.4 Å². The van der Waals surface area contributed by atoms with Gasteiger partial charge in [-0.3, -0.25) is 4.79 Å². The van der Waals surface area contributed by atoms with E-state index in [1.54, 1.807) is 17.6 Å². The minimum Gasteiger partial charge on any atom is -0.350 e. The Morgan fingerprint density at radius 1 is 1.08 bits per heavy atom. The van der Waals surface area contributed by atoms with Crippen LogP contribution < -0.4 is 10.5 Å². The van der Waals surface area contributed by atoms with Gasteiger partial charge in [0, 0.05) is 6.54 Å². The maximum atomic E-state index is 12.4. The molecule has 134 valence electrons. The first-order valence-electron chi connectivity index (χ1n) is 7.84. The summed E-state index contributed by atoms with van der Waals surface area (Å²) in [5.41, 5.74) is 3.92. The van der Waals surface area contributed by atoms with Crippen LogP contribution in [0.2, 0.25) is 0 Å². The van der Waals surface area contributed by atoms with Gasteiger partial charge in [-0.05, 0) is 29.7 Å². The number of thiazole rings is 1. The Hall–Kier alpha value is -2.55. The second-order valence-corrected chi connectivity index (χ2v) is 8.01. The predicted molar refractivity (Wildman–Crippen MR) is 101 cm³/mol.